The number of rotatable bonds is 7. The summed E-state index contributed by atoms with van der Waals surface area (Å²) in [6, 6.07) is 16.6. The fourth-order valence-corrected chi connectivity index (χ4v) is 6.20. The van der Waals surface area contributed by atoms with Gasteiger partial charge in [0, 0.05) is 23.7 Å². The number of esters is 1. The van der Waals surface area contributed by atoms with E-state index in [0.29, 0.717) is 6.42 Å². The van der Waals surface area contributed by atoms with Crippen LogP contribution in [0.3, 0.4) is 0 Å². The van der Waals surface area contributed by atoms with Gasteiger partial charge in [-0.15, -0.1) is 0 Å². The van der Waals surface area contributed by atoms with Crippen LogP contribution in [0.4, 0.5) is 4.79 Å². The summed E-state index contributed by atoms with van der Waals surface area (Å²) in [5.41, 5.74) is 2.01. The van der Waals surface area contributed by atoms with E-state index in [9.17, 15) is 9.59 Å². The molecule has 0 saturated carbocycles. The van der Waals surface area contributed by atoms with E-state index in [4.69, 9.17) is 9.47 Å². The number of fused-ring (bicyclic) bond motifs is 3. The minimum atomic E-state index is -1.47. The fraction of sp³-hybridized carbons (Fsp3) is 0.333. The van der Waals surface area contributed by atoms with Gasteiger partial charge in [0.15, 0.2) is 0 Å². The van der Waals surface area contributed by atoms with Crippen LogP contribution in [-0.2, 0) is 14.3 Å². The van der Waals surface area contributed by atoms with E-state index >= 15 is 0 Å². The average Bonchev–Trinajstić information content (AvgIpc) is 2.98. The molecule has 1 N–H and O–H groups in total. The van der Waals surface area contributed by atoms with Crippen molar-refractivity contribution in [2.45, 2.75) is 38.8 Å². The Morgan fingerprint density at radius 3 is 2.16 bits per heavy atom. The van der Waals surface area contributed by atoms with Crippen LogP contribution in [0, 0.1) is 0 Å². The second-order valence-corrected chi connectivity index (χ2v) is 10.4. The molecule has 1 atom stereocenters. The summed E-state index contributed by atoms with van der Waals surface area (Å²) in [6.07, 6.45) is 2.33. The van der Waals surface area contributed by atoms with E-state index in [1.54, 1.807) is 20.8 Å². The highest BCUT2D eigenvalue weighted by Crippen LogP contribution is 2.59. The lowest BCUT2D eigenvalue weighted by molar-refractivity contribution is -0.145. The van der Waals surface area contributed by atoms with Crippen LogP contribution in [0.5, 0.6) is 0 Å². The molecule has 0 saturated heterocycles. The highest BCUT2D eigenvalue weighted by atomic mass is 31.2. The molecule has 0 unspecified atom stereocenters. The van der Waals surface area contributed by atoms with Gasteiger partial charge in [-0.2, -0.15) is 0 Å². The minimum Gasteiger partial charge on any atom is -0.460 e. The maximum atomic E-state index is 12.7. The molecule has 2 aromatic rings. The Balaban J connectivity index is 1.84. The van der Waals surface area contributed by atoms with Crippen LogP contribution in [0.15, 0.2) is 61.2 Å². The Hall–Kier alpha value is -2.59. The van der Waals surface area contributed by atoms with Crippen LogP contribution in [0.1, 0.15) is 27.2 Å². The predicted octanol–water partition coefficient (Wildman–Crippen LogP) is 2.93. The molecule has 0 bridgehead atoms. The van der Waals surface area contributed by atoms with E-state index in [1.807, 2.05) is 0 Å². The third kappa shape index (κ3) is 5.19. The molecule has 31 heavy (non-hydrogen) atoms. The second kappa shape index (κ2) is 9.27. The number of amides is 1. The van der Waals surface area contributed by atoms with Gasteiger partial charge in [0.2, 0.25) is 0 Å². The van der Waals surface area contributed by atoms with Crippen molar-refractivity contribution in [1.82, 2.24) is 5.32 Å². The van der Waals surface area contributed by atoms with Gasteiger partial charge in [-0.3, -0.25) is 0 Å². The quantitative estimate of drug-likeness (QED) is 0.312. The molecule has 1 amide bonds. The summed E-state index contributed by atoms with van der Waals surface area (Å²) in [5.74, 6) is -0.446. The van der Waals surface area contributed by atoms with Crippen molar-refractivity contribution in [3.63, 3.8) is 0 Å². The maximum Gasteiger partial charge on any atom is 0.408 e. The standard InChI is InChI=1S/C24H31BNO4P/c1-5-15-29-22(27)19(26-23(28)30-24(2,3)4)14-16-31(25)20-12-8-6-10-17(20)18-11-7-9-13-21(18)31/h5-13,19H,1,14-16H2,2-4,25H3,(H,26,28)/t19-/m0/s1. The number of benzene rings is 2. The smallest absolute Gasteiger partial charge is 0.408 e. The molecule has 2 aromatic carbocycles. The number of alkyl carbamates (subject to hydrolysis) is 1. The molecular weight excluding hydrogens is 408 g/mol. The normalized spacial score (nSPS) is 14.7. The molecule has 0 fully saturated rings. The van der Waals surface area contributed by atoms with Crippen LogP contribution in [0.25, 0.3) is 11.1 Å². The molecule has 5 nitrogen and oxygen atoms in total. The summed E-state index contributed by atoms with van der Waals surface area (Å²) >= 11 is 0. The van der Waals surface area contributed by atoms with Crippen molar-refractivity contribution in [2.24, 2.45) is 0 Å². The first-order chi connectivity index (χ1) is 14.7. The summed E-state index contributed by atoms with van der Waals surface area (Å²) in [7, 11) is -1.55. The first kappa shape index (κ1) is 23.1. The largest absolute Gasteiger partial charge is 0.460 e. The number of carbonyl (C=O) groups is 2. The van der Waals surface area contributed by atoms with Gasteiger partial charge in [-0.1, -0.05) is 56.2 Å². The number of nitrogens with one attached hydrogen (secondary N) is 1. The highest BCUT2D eigenvalue weighted by molar-refractivity contribution is 8.09. The van der Waals surface area contributed by atoms with Crippen molar-refractivity contribution < 1.29 is 19.1 Å². The lowest BCUT2D eigenvalue weighted by Crippen LogP contribution is -2.45. The molecule has 0 radical (unpaired) electrons. The zero-order valence-corrected chi connectivity index (χ0v) is 18.6. The molecule has 0 aromatic heterocycles. The van der Waals surface area contributed by atoms with Gasteiger partial charge in [-0.25, -0.2) is 9.59 Å². The van der Waals surface area contributed by atoms with Crippen molar-refractivity contribution in [1.29, 1.82) is 0 Å². The molecule has 7 heteroatoms. The van der Waals surface area contributed by atoms with Gasteiger partial charge in [0.05, 0.1) is 10.6 Å². The third-order valence-corrected chi connectivity index (χ3v) is 7.29. The lowest BCUT2D eigenvalue weighted by atomic mass is 10.1. The van der Waals surface area contributed by atoms with E-state index in [0.717, 1.165) is 6.16 Å². The summed E-state index contributed by atoms with van der Waals surface area (Å²) in [5, 5.41) is 5.65. The maximum absolute atomic E-state index is 12.7. The molecule has 1 aliphatic heterocycles. The van der Waals surface area contributed by atoms with Crippen LogP contribution < -0.4 is 15.9 Å². The van der Waals surface area contributed by atoms with Gasteiger partial charge in [0.25, 0.3) is 0 Å². The Labute approximate surface area is 185 Å². The number of hydrogen-bond acceptors (Lipinski definition) is 4. The predicted molar refractivity (Wildman–Crippen MR) is 132 cm³/mol. The number of ether oxygens (including phenoxy) is 2. The molecule has 164 valence electrons. The van der Waals surface area contributed by atoms with Gasteiger partial charge in [0.1, 0.15) is 25.8 Å². The van der Waals surface area contributed by atoms with Gasteiger partial charge < -0.3 is 14.8 Å². The van der Waals surface area contributed by atoms with Crippen molar-refractivity contribution in [3.05, 3.63) is 61.2 Å². The van der Waals surface area contributed by atoms with Crippen molar-refractivity contribution in [2.75, 3.05) is 12.8 Å². The SMILES string of the molecule is [BH3-][P+]1(CC[C@H](NC(=O)OC(C)(C)C)C(=O)OCC=C)c2ccccc2-c2ccccc21. The third-order valence-electron chi connectivity index (χ3n) is 4.64. The zero-order valence-electron chi connectivity index (χ0n) is 17.7. The number of carbonyl (C=O) groups excluding carboxylic acids is 2. The first-order valence-electron chi connectivity index (χ1n) is 10.0. The highest BCUT2D eigenvalue weighted by Gasteiger charge is 2.41. The lowest BCUT2D eigenvalue weighted by Gasteiger charge is -2.29. The topological polar surface area (TPSA) is 64.6 Å². The summed E-state index contributed by atoms with van der Waals surface area (Å²) in [4.78, 5) is 25.1. The molecule has 0 spiro atoms. The zero-order chi connectivity index (χ0) is 22.6. The second-order valence-electron chi connectivity index (χ2n) is 8.09. The van der Waals surface area contributed by atoms with Crippen LogP contribution >= 0.6 is 7.14 Å². The molecular formula is C24H31BNO4P. The first-order valence-corrected chi connectivity index (χ1v) is 11.6. The Morgan fingerprint density at radius 2 is 1.65 bits per heavy atom. The molecule has 3 rings (SSSR count). The van der Waals surface area contributed by atoms with Crippen LogP contribution in [-0.4, -0.2) is 44.0 Å². The summed E-state index contributed by atoms with van der Waals surface area (Å²) < 4.78 is 10.7. The van der Waals surface area contributed by atoms with E-state index < -0.39 is 30.8 Å². The monoisotopic (exact) mass is 439 g/mol. The van der Waals surface area contributed by atoms with Crippen molar-refractivity contribution >= 4 is 37.4 Å². The summed E-state index contributed by atoms with van der Waals surface area (Å²) in [6.45, 7) is 9.11. The van der Waals surface area contributed by atoms with E-state index in [-0.39, 0.29) is 14.2 Å². The number of hydrogen-bond donors (Lipinski definition) is 1. The van der Waals surface area contributed by atoms with Gasteiger partial charge in [-0.05, 0) is 32.9 Å². The van der Waals surface area contributed by atoms with Crippen LogP contribution in [0.2, 0.25) is 0 Å². The van der Waals surface area contributed by atoms with E-state index in [1.165, 1.54) is 27.8 Å². The van der Waals surface area contributed by atoms with Gasteiger partial charge >= 0.3 is 12.1 Å². The van der Waals surface area contributed by atoms with E-state index in [2.05, 4.69) is 60.4 Å². The Kier molecular flexibility index (Phi) is 6.91. The minimum absolute atomic E-state index is 0.0769. The molecule has 0 aliphatic carbocycles. The average molecular weight is 439 g/mol. The Morgan fingerprint density at radius 1 is 1.10 bits per heavy atom. The molecule has 1 heterocycles. The fourth-order valence-electron chi connectivity index (χ4n) is 3.44. The molecule has 1 aliphatic rings. The van der Waals surface area contributed by atoms with Crippen molar-refractivity contribution in [3.8, 4) is 11.1 Å². The Bertz CT molecular complexity index is 940.